The molecule has 0 atom stereocenters. The van der Waals surface area contributed by atoms with Crippen molar-refractivity contribution in [3.63, 3.8) is 0 Å². The van der Waals surface area contributed by atoms with E-state index in [9.17, 15) is 17.6 Å². The summed E-state index contributed by atoms with van der Waals surface area (Å²) in [7, 11) is 1.59. The molecule has 3 rings (SSSR count). The van der Waals surface area contributed by atoms with Gasteiger partial charge < -0.3 is 14.7 Å². The second-order valence-electron chi connectivity index (χ2n) is 6.56. The molecule has 1 fully saturated rings. The molecule has 0 spiro atoms. The Bertz CT molecular complexity index is 878. The van der Waals surface area contributed by atoms with Gasteiger partial charge in [-0.05, 0) is 35.9 Å². The van der Waals surface area contributed by atoms with Crippen molar-refractivity contribution in [2.75, 3.05) is 20.3 Å². The predicted molar refractivity (Wildman–Crippen MR) is 100 cm³/mol. The number of oxime groups is 1. The fourth-order valence-corrected chi connectivity index (χ4v) is 4.19. The van der Waals surface area contributed by atoms with Crippen molar-refractivity contribution in [1.82, 2.24) is 0 Å². The van der Waals surface area contributed by atoms with E-state index in [4.69, 9.17) is 14.7 Å². The Labute approximate surface area is 169 Å². The van der Waals surface area contributed by atoms with E-state index in [0.29, 0.717) is 41.4 Å². The summed E-state index contributed by atoms with van der Waals surface area (Å²) in [4.78, 5) is 1.21. The van der Waals surface area contributed by atoms with Gasteiger partial charge >= 0.3 is 6.18 Å². The summed E-state index contributed by atoms with van der Waals surface area (Å²) >= 11 is 1.21. The van der Waals surface area contributed by atoms with Crippen LogP contribution in [0.3, 0.4) is 0 Å². The average Bonchev–Trinajstić information content (AvgIpc) is 2.69. The molecule has 1 aliphatic heterocycles. The molecule has 0 amide bonds. The highest BCUT2D eigenvalue weighted by atomic mass is 32.2. The number of hydrogen-bond acceptors (Lipinski definition) is 5. The predicted octanol–water partition coefficient (Wildman–Crippen LogP) is 5.37. The molecule has 1 heterocycles. The van der Waals surface area contributed by atoms with Crippen LogP contribution in [0.15, 0.2) is 57.4 Å². The van der Waals surface area contributed by atoms with Crippen molar-refractivity contribution in [3.05, 3.63) is 59.4 Å². The Morgan fingerprint density at radius 1 is 1.10 bits per heavy atom. The molecule has 9 heteroatoms. The number of benzene rings is 2. The highest BCUT2D eigenvalue weighted by molar-refractivity contribution is 7.99. The summed E-state index contributed by atoms with van der Waals surface area (Å²) in [5.41, 5.74) is -1.55. The normalized spacial score (nSPS) is 17.3. The minimum Gasteiger partial charge on any atom is -0.410 e. The first-order chi connectivity index (χ1) is 13.8. The molecule has 0 bridgehead atoms. The first kappa shape index (κ1) is 21.6. The lowest BCUT2D eigenvalue weighted by molar-refractivity contribution is -0.0950. The van der Waals surface area contributed by atoms with Gasteiger partial charge in [0.15, 0.2) is 5.71 Å². The third-order valence-corrected chi connectivity index (χ3v) is 5.80. The van der Waals surface area contributed by atoms with Crippen molar-refractivity contribution in [2.24, 2.45) is 5.16 Å². The Balaban J connectivity index is 1.85. The third kappa shape index (κ3) is 4.91. The van der Waals surface area contributed by atoms with Gasteiger partial charge in [0.05, 0.1) is 5.60 Å². The molecule has 1 N–H and O–H groups in total. The van der Waals surface area contributed by atoms with Crippen molar-refractivity contribution in [2.45, 2.75) is 34.4 Å². The summed E-state index contributed by atoms with van der Waals surface area (Å²) in [6.45, 7) is 1.03. The van der Waals surface area contributed by atoms with E-state index in [1.165, 1.54) is 48.2 Å². The molecule has 4 nitrogen and oxygen atoms in total. The zero-order valence-electron chi connectivity index (χ0n) is 15.5. The van der Waals surface area contributed by atoms with Gasteiger partial charge in [-0.1, -0.05) is 29.1 Å². The van der Waals surface area contributed by atoms with Crippen LogP contribution in [-0.4, -0.2) is 37.4 Å². The molecule has 29 heavy (non-hydrogen) atoms. The van der Waals surface area contributed by atoms with Gasteiger partial charge in [-0.3, -0.25) is 0 Å². The molecule has 2 aromatic rings. The standard InChI is InChI=1S/C20H19F4NO3S/c1-27-19(6-8-28-9-7-19)14-10-15(21)12-17(11-14)29-16-4-2-13(3-5-16)18(25-26)20(22,23)24/h2-5,10-12,26H,6-9H2,1H3. The van der Waals surface area contributed by atoms with Crippen LogP contribution in [0.4, 0.5) is 17.6 Å². The third-order valence-electron chi connectivity index (χ3n) is 4.82. The van der Waals surface area contributed by atoms with Gasteiger partial charge in [-0.2, -0.15) is 13.2 Å². The number of alkyl halides is 3. The van der Waals surface area contributed by atoms with Crippen LogP contribution in [0.1, 0.15) is 24.0 Å². The first-order valence-corrected chi connectivity index (χ1v) is 9.60. The minimum atomic E-state index is -4.76. The molecule has 2 aromatic carbocycles. The van der Waals surface area contributed by atoms with Crippen LogP contribution >= 0.6 is 11.8 Å². The van der Waals surface area contributed by atoms with Gasteiger partial charge in [-0.15, -0.1) is 0 Å². The van der Waals surface area contributed by atoms with Gasteiger partial charge in [0, 0.05) is 48.5 Å². The van der Waals surface area contributed by atoms with Crippen LogP contribution in [-0.2, 0) is 15.1 Å². The lowest BCUT2D eigenvalue weighted by Gasteiger charge is -2.36. The van der Waals surface area contributed by atoms with Crippen molar-refractivity contribution < 1.29 is 32.2 Å². The monoisotopic (exact) mass is 429 g/mol. The summed E-state index contributed by atoms with van der Waals surface area (Å²) in [6.07, 6.45) is -3.56. The molecule has 0 unspecified atom stereocenters. The first-order valence-electron chi connectivity index (χ1n) is 8.79. The fraction of sp³-hybridized carbons (Fsp3) is 0.350. The average molecular weight is 429 g/mol. The number of methoxy groups -OCH3 is 1. The molecule has 1 saturated heterocycles. The Morgan fingerprint density at radius 2 is 1.76 bits per heavy atom. The number of halogens is 4. The highest BCUT2D eigenvalue weighted by Crippen LogP contribution is 2.39. The maximum absolute atomic E-state index is 14.3. The minimum absolute atomic E-state index is 0.259. The SMILES string of the molecule is COC1(c2cc(F)cc(Sc3ccc(C(=NO)C(F)(F)F)cc3)c2)CCOCC1. The Morgan fingerprint density at radius 3 is 2.31 bits per heavy atom. The largest absolute Gasteiger partial charge is 0.437 e. The molecule has 156 valence electrons. The fourth-order valence-electron chi connectivity index (χ4n) is 3.29. The molecule has 1 aliphatic rings. The summed E-state index contributed by atoms with van der Waals surface area (Å²) in [5, 5.41) is 11.0. The van der Waals surface area contributed by atoms with Crippen LogP contribution in [0.5, 0.6) is 0 Å². The summed E-state index contributed by atoms with van der Waals surface area (Å²) in [6, 6.07) is 9.97. The summed E-state index contributed by atoms with van der Waals surface area (Å²) < 4.78 is 63.9. The highest BCUT2D eigenvalue weighted by Gasteiger charge is 2.38. The van der Waals surface area contributed by atoms with Crippen molar-refractivity contribution in [3.8, 4) is 0 Å². The number of hydrogen-bond donors (Lipinski definition) is 1. The topological polar surface area (TPSA) is 51.0 Å². The second kappa shape index (κ2) is 8.73. The molecule has 0 aliphatic carbocycles. The van der Waals surface area contributed by atoms with E-state index in [2.05, 4.69) is 5.16 Å². The smallest absolute Gasteiger partial charge is 0.410 e. The molecule has 0 aromatic heterocycles. The van der Waals surface area contributed by atoms with E-state index in [-0.39, 0.29) is 5.56 Å². The van der Waals surface area contributed by atoms with E-state index in [1.54, 1.807) is 7.11 Å². The van der Waals surface area contributed by atoms with Crippen LogP contribution < -0.4 is 0 Å². The number of ether oxygens (including phenoxy) is 2. The maximum atomic E-state index is 14.3. The molecule has 0 saturated carbocycles. The Hall–Kier alpha value is -2.10. The maximum Gasteiger partial charge on any atom is 0.437 e. The van der Waals surface area contributed by atoms with Gasteiger partial charge in [0.1, 0.15) is 5.82 Å². The van der Waals surface area contributed by atoms with Crippen molar-refractivity contribution in [1.29, 1.82) is 0 Å². The zero-order chi connectivity index (χ0) is 21.1. The van der Waals surface area contributed by atoms with Gasteiger partial charge in [-0.25, -0.2) is 4.39 Å². The number of rotatable bonds is 5. The van der Waals surface area contributed by atoms with Crippen LogP contribution in [0, 0.1) is 5.82 Å². The van der Waals surface area contributed by atoms with E-state index < -0.39 is 23.3 Å². The van der Waals surface area contributed by atoms with Crippen LogP contribution in [0.2, 0.25) is 0 Å². The van der Waals surface area contributed by atoms with Crippen LogP contribution in [0.25, 0.3) is 0 Å². The van der Waals surface area contributed by atoms with E-state index in [1.807, 2.05) is 6.07 Å². The molecular weight excluding hydrogens is 410 g/mol. The molecular formula is C20H19F4NO3S. The molecule has 0 radical (unpaired) electrons. The zero-order valence-corrected chi connectivity index (χ0v) is 16.3. The Kier molecular flexibility index (Phi) is 6.50. The van der Waals surface area contributed by atoms with Gasteiger partial charge in [0.25, 0.3) is 0 Å². The van der Waals surface area contributed by atoms with E-state index >= 15 is 0 Å². The van der Waals surface area contributed by atoms with E-state index in [0.717, 1.165) is 0 Å². The lowest BCUT2D eigenvalue weighted by atomic mass is 9.86. The summed E-state index contributed by atoms with van der Waals surface area (Å²) in [5.74, 6) is -0.420. The quantitative estimate of drug-likeness (QED) is 0.301. The van der Waals surface area contributed by atoms with Crippen molar-refractivity contribution >= 4 is 17.5 Å². The second-order valence-corrected chi connectivity index (χ2v) is 7.71. The number of nitrogens with zero attached hydrogens (tertiary/aromatic N) is 1. The van der Waals surface area contributed by atoms with Gasteiger partial charge in [0.2, 0.25) is 0 Å². The lowest BCUT2D eigenvalue weighted by Crippen LogP contribution is -2.35.